The van der Waals surface area contributed by atoms with Crippen molar-refractivity contribution >= 4 is 5.91 Å². The van der Waals surface area contributed by atoms with Crippen LogP contribution in [0.3, 0.4) is 0 Å². The van der Waals surface area contributed by atoms with Crippen LogP contribution in [0.5, 0.6) is 0 Å². The summed E-state index contributed by atoms with van der Waals surface area (Å²) in [4.78, 5) is 10.4. The number of benzene rings is 1. The van der Waals surface area contributed by atoms with Gasteiger partial charge in [-0.2, -0.15) is 0 Å². The Morgan fingerprint density at radius 3 is 2.27 bits per heavy atom. The Bertz CT molecular complexity index is 314. The minimum atomic E-state index is -0.379. The second-order valence-electron chi connectivity index (χ2n) is 2.99. The van der Waals surface area contributed by atoms with Crippen LogP contribution in [0.4, 0.5) is 0 Å². The molecular weight excluding hydrogens is 190 g/mol. The highest BCUT2D eigenvalue weighted by Crippen LogP contribution is 1.94. The van der Waals surface area contributed by atoms with Gasteiger partial charge in [0, 0.05) is 18.3 Å². The van der Waals surface area contributed by atoms with Crippen molar-refractivity contribution in [2.75, 3.05) is 6.54 Å². The number of amides is 1. The fourth-order valence-corrected chi connectivity index (χ4v) is 1.03. The van der Waals surface area contributed by atoms with Gasteiger partial charge in [-0.05, 0) is 18.6 Å². The minimum absolute atomic E-state index is 0.379. The van der Waals surface area contributed by atoms with E-state index >= 15 is 0 Å². The molecule has 80 valence electrons. The maximum Gasteiger partial charge on any atom is 0.248 e. The SMILES string of the molecule is C1=CNNCC1.NC(=O)c1ccccc1. The van der Waals surface area contributed by atoms with Gasteiger partial charge in [-0.25, -0.2) is 5.43 Å². The molecule has 1 aromatic rings. The molecule has 0 aliphatic carbocycles. The van der Waals surface area contributed by atoms with Crippen LogP contribution in [0, 0.1) is 0 Å². The lowest BCUT2D eigenvalue weighted by Gasteiger charge is -2.04. The minimum Gasteiger partial charge on any atom is -0.366 e. The van der Waals surface area contributed by atoms with Crippen LogP contribution in [0.1, 0.15) is 16.8 Å². The number of hydrogen-bond donors (Lipinski definition) is 3. The fraction of sp³-hybridized carbons (Fsp3) is 0.182. The first-order valence-corrected chi connectivity index (χ1v) is 4.79. The van der Waals surface area contributed by atoms with E-state index in [1.165, 1.54) is 0 Å². The highest BCUT2D eigenvalue weighted by Gasteiger charge is 1.93. The molecule has 2 rings (SSSR count). The summed E-state index contributed by atoms with van der Waals surface area (Å²) in [6.07, 6.45) is 5.15. The van der Waals surface area contributed by atoms with Crippen LogP contribution >= 0.6 is 0 Å². The second-order valence-corrected chi connectivity index (χ2v) is 2.99. The molecule has 0 spiro atoms. The number of rotatable bonds is 1. The lowest BCUT2D eigenvalue weighted by molar-refractivity contribution is 0.100. The first-order chi connectivity index (χ1) is 7.30. The lowest BCUT2D eigenvalue weighted by Crippen LogP contribution is -2.30. The van der Waals surface area contributed by atoms with Gasteiger partial charge in [-0.1, -0.05) is 24.3 Å². The molecule has 0 saturated carbocycles. The molecule has 0 fully saturated rings. The van der Waals surface area contributed by atoms with Crippen molar-refractivity contribution in [1.29, 1.82) is 0 Å². The van der Waals surface area contributed by atoms with E-state index in [9.17, 15) is 4.79 Å². The van der Waals surface area contributed by atoms with Crippen LogP contribution in [0.25, 0.3) is 0 Å². The fourth-order valence-electron chi connectivity index (χ4n) is 1.03. The van der Waals surface area contributed by atoms with Crippen molar-refractivity contribution in [2.45, 2.75) is 6.42 Å². The van der Waals surface area contributed by atoms with Crippen LogP contribution < -0.4 is 16.6 Å². The van der Waals surface area contributed by atoms with E-state index in [2.05, 4.69) is 16.9 Å². The summed E-state index contributed by atoms with van der Waals surface area (Å²) in [5.74, 6) is -0.379. The van der Waals surface area contributed by atoms with Gasteiger partial charge in [0.2, 0.25) is 5.91 Å². The molecule has 1 aliphatic rings. The molecule has 15 heavy (non-hydrogen) atoms. The molecule has 4 N–H and O–H groups in total. The average Bonchev–Trinajstić information content (AvgIpc) is 2.33. The first-order valence-electron chi connectivity index (χ1n) is 4.79. The highest BCUT2D eigenvalue weighted by atomic mass is 16.1. The summed E-state index contributed by atoms with van der Waals surface area (Å²) < 4.78 is 0. The van der Waals surface area contributed by atoms with Crippen molar-refractivity contribution in [3.05, 3.63) is 48.2 Å². The number of hydrazine groups is 1. The molecule has 1 heterocycles. The number of nitrogens with two attached hydrogens (primary N) is 1. The zero-order chi connectivity index (χ0) is 10.9. The Hall–Kier alpha value is -1.81. The Labute approximate surface area is 89.1 Å². The topological polar surface area (TPSA) is 67.2 Å². The number of carbonyl (C=O) groups is 1. The standard InChI is InChI=1S/C7H7NO.C4H8N2/c8-7(9)6-4-2-1-3-5-6;1-2-4-6-5-3-1/h1-5H,(H2,8,9);1,3,5-6H,2,4H2. The Kier molecular flexibility index (Phi) is 4.97. The van der Waals surface area contributed by atoms with E-state index in [1.54, 1.807) is 24.3 Å². The number of primary amides is 1. The molecule has 0 bridgehead atoms. The molecule has 1 amide bonds. The van der Waals surface area contributed by atoms with Gasteiger partial charge in [-0.15, -0.1) is 0 Å². The van der Waals surface area contributed by atoms with Gasteiger partial charge >= 0.3 is 0 Å². The number of hydrogen-bond acceptors (Lipinski definition) is 3. The maximum absolute atomic E-state index is 10.4. The Morgan fingerprint density at radius 2 is 2.00 bits per heavy atom. The van der Waals surface area contributed by atoms with Crippen LogP contribution in [-0.2, 0) is 0 Å². The summed E-state index contributed by atoms with van der Waals surface area (Å²) in [6.45, 7) is 1.05. The molecule has 1 aliphatic heterocycles. The first kappa shape index (κ1) is 11.3. The second kappa shape index (κ2) is 6.62. The molecule has 0 atom stereocenters. The van der Waals surface area contributed by atoms with Crippen LogP contribution in [0.2, 0.25) is 0 Å². The third kappa shape index (κ3) is 4.83. The zero-order valence-corrected chi connectivity index (χ0v) is 8.44. The van der Waals surface area contributed by atoms with Crippen LogP contribution in [0.15, 0.2) is 42.6 Å². The molecule has 4 heteroatoms. The summed E-state index contributed by atoms with van der Waals surface area (Å²) in [6, 6.07) is 8.76. The van der Waals surface area contributed by atoms with Crippen molar-refractivity contribution in [3.8, 4) is 0 Å². The molecule has 4 nitrogen and oxygen atoms in total. The molecule has 1 aromatic carbocycles. The van der Waals surface area contributed by atoms with Gasteiger partial charge in [0.15, 0.2) is 0 Å². The van der Waals surface area contributed by atoms with Gasteiger partial charge in [0.05, 0.1) is 0 Å². The monoisotopic (exact) mass is 205 g/mol. The van der Waals surface area contributed by atoms with Gasteiger partial charge in [0.25, 0.3) is 0 Å². The third-order valence-electron chi connectivity index (χ3n) is 1.80. The van der Waals surface area contributed by atoms with Gasteiger partial charge in [0.1, 0.15) is 0 Å². The largest absolute Gasteiger partial charge is 0.366 e. The summed E-state index contributed by atoms with van der Waals surface area (Å²) in [5.41, 5.74) is 11.3. The number of nitrogens with one attached hydrogen (secondary N) is 2. The predicted octanol–water partition coefficient (Wildman–Crippen LogP) is 0.783. The van der Waals surface area contributed by atoms with Gasteiger partial charge < -0.3 is 11.2 Å². The summed E-state index contributed by atoms with van der Waals surface area (Å²) in [7, 11) is 0. The molecular formula is C11H15N3O. The smallest absolute Gasteiger partial charge is 0.248 e. The van der Waals surface area contributed by atoms with E-state index < -0.39 is 0 Å². The van der Waals surface area contributed by atoms with E-state index in [4.69, 9.17) is 5.73 Å². The van der Waals surface area contributed by atoms with E-state index in [1.807, 2.05) is 12.3 Å². The molecule has 0 aromatic heterocycles. The van der Waals surface area contributed by atoms with Crippen molar-refractivity contribution in [2.24, 2.45) is 5.73 Å². The molecule has 0 saturated heterocycles. The van der Waals surface area contributed by atoms with E-state index in [0.717, 1.165) is 13.0 Å². The maximum atomic E-state index is 10.4. The predicted molar refractivity (Wildman–Crippen MR) is 59.9 cm³/mol. The molecule has 0 unspecified atom stereocenters. The number of carbonyl (C=O) groups excluding carboxylic acids is 1. The average molecular weight is 205 g/mol. The normalized spacial score (nSPS) is 13.3. The van der Waals surface area contributed by atoms with E-state index in [-0.39, 0.29) is 5.91 Å². The summed E-state index contributed by atoms with van der Waals surface area (Å²) in [5, 5.41) is 0. The lowest BCUT2D eigenvalue weighted by atomic mass is 10.2. The Balaban J connectivity index is 0.000000162. The van der Waals surface area contributed by atoms with Crippen LogP contribution in [-0.4, -0.2) is 12.5 Å². The quantitative estimate of drug-likeness (QED) is 0.634. The van der Waals surface area contributed by atoms with Crippen molar-refractivity contribution in [3.63, 3.8) is 0 Å². The Morgan fingerprint density at radius 1 is 1.27 bits per heavy atom. The van der Waals surface area contributed by atoms with Crippen molar-refractivity contribution < 1.29 is 4.79 Å². The highest BCUT2D eigenvalue weighted by molar-refractivity contribution is 5.92. The van der Waals surface area contributed by atoms with E-state index in [0.29, 0.717) is 5.56 Å². The summed E-state index contributed by atoms with van der Waals surface area (Å²) >= 11 is 0. The van der Waals surface area contributed by atoms with Crippen molar-refractivity contribution in [1.82, 2.24) is 10.9 Å². The molecule has 0 radical (unpaired) electrons. The van der Waals surface area contributed by atoms with Gasteiger partial charge in [-0.3, -0.25) is 4.79 Å². The zero-order valence-electron chi connectivity index (χ0n) is 8.44. The third-order valence-corrected chi connectivity index (χ3v) is 1.80.